The number of hydrogen-bond donors (Lipinski definition) is 0. The fourth-order valence-electron chi connectivity index (χ4n) is 2.49. The lowest BCUT2D eigenvalue weighted by molar-refractivity contribution is -0.118. The summed E-state index contributed by atoms with van der Waals surface area (Å²) < 4.78 is 31.7. The van der Waals surface area contributed by atoms with Gasteiger partial charge in [-0.1, -0.05) is 12.1 Å². The van der Waals surface area contributed by atoms with Crippen LogP contribution in [0.4, 0.5) is 14.5 Å². The molecular weight excluding hydrogens is 288 g/mol. The van der Waals surface area contributed by atoms with Crippen LogP contribution in [0.1, 0.15) is 12.0 Å². The van der Waals surface area contributed by atoms with Gasteiger partial charge in [0, 0.05) is 12.5 Å². The van der Waals surface area contributed by atoms with Gasteiger partial charge in [-0.05, 0) is 36.2 Å². The molecule has 0 atom stereocenters. The standard InChI is InChI=1S/C17H15F2NO2/c18-13-4-1-12(2-5-13)3-8-17(21)20-9-10-22-16-7-6-14(19)11-15(16)20/h1-2,4-7,11H,3,8-10H2. The Morgan fingerprint density at radius 1 is 1.09 bits per heavy atom. The van der Waals surface area contributed by atoms with Gasteiger partial charge in [0.1, 0.15) is 24.0 Å². The first-order valence-electron chi connectivity index (χ1n) is 7.10. The number of fused-ring (bicyclic) bond motifs is 1. The molecule has 0 radical (unpaired) electrons. The Balaban J connectivity index is 1.71. The van der Waals surface area contributed by atoms with Gasteiger partial charge in [-0.25, -0.2) is 8.78 Å². The molecule has 2 aromatic rings. The third-order valence-corrected chi connectivity index (χ3v) is 3.63. The molecule has 0 spiro atoms. The second kappa shape index (κ2) is 6.13. The number of nitrogens with zero attached hydrogens (tertiary/aromatic N) is 1. The average molecular weight is 303 g/mol. The third kappa shape index (κ3) is 3.08. The molecule has 2 aromatic carbocycles. The maximum absolute atomic E-state index is 13.4. The van der Waals surface area contributed by atoms with Crippen LogP contribution in [0.5, 0.6) is 5.75 Å². The smallest absolute Gasteiger partial charge is 0.227 e. The summed E-state index contributed by atoms with van der Waals surface area (Å²) >= 11 is 0. The van der Waals surface area contributed by atoms with Crippen LogP contribution in [0.2, 0.25) is 0 Å². The van der Waals surface area contributed by atoms with Gasteiger partial charge in [0.15, 0.2) is 0 Å². The van der Waals surface area contributed by atoms with Crippen LogP contribution in [0.15, 0.2) is 42.5 Å². The van der Waals surface area contributed by atoms with Crippen LogP contribution >= 0.6 is 0 Å². The molecule has 0 unspecified atom stereocenters. The van der Waals surface area contributed by atoms with E-state index in [-0.39, 0.29) is 18.1 Å². The molecule has 0 saturated heterocycles. The zero-order valence-electron chi connectivity index (χ0n) is 11.9. The quantitative estimate of drug-likeness (QED) is 0.870. The maximum atomic E-state index is 13.4. The van der Waals surface area contributed by atoms with Crippen molar-refractivity contribution in [2.45, 2.75) is 12.8 Å². The van der Waals surface area contributed by atoms with E-state index in [1.54, 1.807) is 17.0 Å². The number of halogens is 2. The molecule has 0 bridgehead atoms. The summed E-state index contributed by atoms with van der Waals surface area (Å²) in [5, 5.41) is 0. The predicted molar refractivity (Wildman–Crippen MR) is 79.0 cm³/mol. The normalized spacial score (nSPS) is 13.5. The molecular formula is C17H15F2NO2. The number of rotatable bonds is 3. The lowest BCUT2D eigenvalue weighted by atomic mass is 10.1. The van der Waals surface area contributed by atoms with Gasteiger partial charge < -0.3 is 9.64 Å². The van der Waals surface area contributed by atoms with Crippen molar-refractivity contribution < 1.29 is 18.3 Å². The lowest BCUT2D eigenvalue weighted by Gasteiger charge is -2.29. The number of anilines is 1. The minimum absolute atomic E-state index is 0.0977. The van der Waals surface area contributed by atoms with Crippen LogP contribution in [0.3, 0.4) is 0 Å². The van der Waals surface area contributed by atoms with E-state index in [4.69, 9.17) is 4.74 Å². The molecule has 114 valence electrons. The van der Waals surface area contributed by atoms with Crippen LogP contribution in [0.25, 0.3) is 0 Å². The van der Waals surface area contributed by atoms with Gasteiger partial charge in [0.2, 0.25) is 5.91 Å². The van der Waals surface area contributed by atoms with E-state index in [2.05, 4.69) is 0 Å². The first-order chi connectivity index (χ1) is 10.6. The molecule has 1 heterocycles. The van der Waals surface area contributed by atoms with E-state index in [0.29, 0.717) is 31.0 Å². The Labute approximate surface area is 127 Å². The number of ether oxygens (including phenoxy) is 1. The topological polar surface area (TPSA) is 29.5 Å². The van der Waals surface area contributed by atoms with Gasteiger partial charge in [0.25, 0.3) is 0 Å². The van der Waals surface area contributed by atoms with Crippen molar-refractivity contribution in [2.24, 2.45) is 0 Å². The summed E-state index contributed by atoms with van der Waals surface area (Å²) in [4.78, 5) is 13.9. The largest absolute Gasteiger partial charge is 0.490 e. The minimum Gasteiger partial charge on any atom is -0.490 e. The molecule has 1 aliphatic rings. The van der Waals surface area contributed by atoms with E-state index < -0.39 is 5.82 Å². The van der Waals surface area contributed by atoms with Gasteiger partial charge >= 0.3 is 0 Å². The minimum atomic E-state index is -0.402. The van der Waals surface area contributed by atoms with Crippen LogP contribution in [-0.4, -0.2) is 19.1 Å². The number of benzene rings is 2. The fourth-order valence-corrected chi connectivity index (χ4v) is 2.49. The van der Waals surface area contributed by atoms with Crippen molar-refractivity contribution >= 4 is 11.6 Å². The molecule has 1 aliphatic heterocycles. The number of amides is 1. The van der Waals surface area contributed by atoms with Crippen molar-refractivity contribution in [1.82, 2.24) is 0 Å². The lowest BCUT2D eigenvalue weighted by Crippen LogP contribution is -2.38. The molecule has 5 heteroatoms. The van der Waals surface area contributed by atoms with Crippen LogP contribution in [0, 0.1) is 11.6 Å². The van der Waals surface area contributed by atoms with Gasteiger partial charge in [-0.3, -0.25) is 4.79 Å². The highest BCUT2D eigenvalue weighted by Gasteiger charge is 2.23. The first-order valence-corrected chi connectivity index (χ1v) is 7.10. The van der Waals surface area contributed by atoms with Crippen molar-refractivity contribution in [2.75, 3.05) is 18.1 Å². The zero-order chi connectivity index (χ0) is 15.5. The van der Waals surface area contributed by atoms with E-state index in [9.17, 15) is 13.6 Å². The Morgan fingerprint density at radius 3 is 2.59 bits per heavy atom. The molecule has 0 aromatic heterocycles. The summed E-state index contributed by atoms with van der Waals surface area (Å²) in [7, 11) is 0. The van der Waals surface area contributed by atoms with Crippen molar-refractivity contribution in [3.63, 3.8) is 0 Å². The van der Waals surface area contributed by atoms with Crippen LogP contribution < -0.4 is 9.64 Å². The van der Waals surface area contributed by atoms with Gasteiger partial charge in [0.05, 0.1) is 12.2 Å². The molecule has 3 nitrogen and oxygen atoms in total. The number of carbonyl (C=O) groups is 1. The van der Waals surface area contributed by atoms with Crippen molar-refractivity contribution in [3.8, 4) is 5.75 Å². The van der Waals surface area contributed by atoms with E-state index in [0.717, 1.165) is 5.56 Å². The highest BCUT2D eigenvalue weighted by molar-refractivity contribution is 5.95. The SMILES string of the molecule is O=C(CCc1ccc(F)cc1)N1CCOc2ccc(F)cc21. The second-order valence-electron chi connectivity index (χ2n) is 5.13. The third-order valence-electron chi connectivity index (χ3n) is 3.63. The molecule has 0 aliphatic carbocycles. The summed E-state index contributed by atoms with van der Waals surface area (Å²) in [6, 6.07) is 10.2. The summed E-state index contributed by atoms with van der Waals surface area (Å²) in [6.45, 7) is 0.791. The summed E-state index contributed by atoms with van der Waals surface area (Å²) in [5.41, 5.74) is 1.36. The Kier molecular flexibility index (Phi) is 4.04. The number of hydrogen-bond acceptors (Lipinski definition) is 2. The molecule has 0 N–H and O–H groups in total. The van der Waals surface area contributed by atoms with E-state index in [1.165, 1.54) is 30.3 Å². The predicted octanol–water partition coefficient (Wildman–Crippen LogP) is 3.32. The Morgan fingerprint density at radius 2 is 1.82 bits per heavy atom. The monoisotopic (exact) mass is 303 g/mol. The molecule has 0 saturated carbocycles. The van der Waals surface area contributed by atoms with E-state index >= 15 is 0 Å². The number of carbonyl (C=O) groups excluding carboxylic acids is 1. The molecule has 0 fully saturated rings. The fraction of sp³-hybridized carbons (Fsp3) is 0.235. The summed E-state index contributed by atoms with van der Waals surface area (Å²) in [5.74, 6) is -0.282. The highest BCUT2D eigenvalue weighted by atomic mass is 19.1. The second-order valence-corrected chi connectivity index (χ2v) is 5.13. The Hall–Kier alpha value is -2.43. The highest BCUT2D eigenvalue weighted by Crippen LogP contribution is 2.32. The molecule has 3 rings (SSSR count). The summed E-state index contributed by atoms with van der Waals surface area (Å²) in [6.07, 6.45) is 0.794. The molecule has 22 heavy (non-hydrogen) atoms. The van der Waals surface area contributed by atoms with Crippen LogP contribution in [-0.2, 0) is 11.2 Å². The van der Waals surface area contributed by atoms with E-state index in [1.807, 2.05) is 0 Å². The Bertz CT molecular complexity index is 686. The zero-order valence-corrected chi connectivity index (χ0v) is 11.9. The van der Waals surface area contributed by atoms with Gasteiger partial charge in [-0.15, -0.1) is 0 Å². The first kappa shape index (κ1) is 14.5. The van der Waals surface area contributed by atoms with Crippen molar-refractivity contribution in [1.29, 1.82) is 0 Å². The maximum Gasteiger partial charge on any atom is 0.227 e. The average Bonchev–Trinajstić information content (AvgIpc) is 2.53. The van der Waals surface area contributed by atoms with Gasteiger partial charge in [-0.2, -0.15) is 0 Å². The van der Waals surface area contributed by atoms with Crippen molar-refractivity contribution in [3.05, 3.63) is 59.7 Å². The molecule has 1 amide bonds. The number of aryl methyl sites for hydroxylation is 1.